The zero-order chi connectivity index (χ0) is 19.3. The molecule has 8 heteroatoms. The molecular weight excluding hydrogens is 391 g/mol. The van der Waals surface area contributed by atoms with Gasteiger partial charge < -0.3 is 19.3 Å². The van der Waals surface area contributed by atoms with Crippen molar-refractivity contribution in [3.8, 4) is 11.5 Å². The van der Waals surface area contributed by atoms with Gasteiger partial charge in [-0.05, 0) is 41.8 Å². The highest BCUT2D eigenvalue weighted by atomic mass is 35.5. The number of rotatable bonds is 2. The van der Waals surface area contributed by atoms with Crippen LogP contribution in [0.5, 0.6) is 11.5 Å². The minimum atomic E-state index is -0.145. The average molecular weight is 407 g/mol. The summed E-state index contributed by atoms with van der Waals surface area (Å²) in [6.07, 6.45) is 0.452. The predicted molar refractivity (Wildman–Crippen MR) is 101 cm³/mol. The molecule has 0 fully saturated rings. The molecule has 2 aromatic carbocycles. The van der Waals surface area contributed by atoms with Crippen molar-refractivity contribution in [1.82, 2.24) is 9.80 Å². The standard InChI is InChI=1S/C19H16Cl2N2O4/c1-22-8-26-16-12(18(22)24)4-10(6-14(16)20)3-11-5-13-17(15(21)7-11)27-9-23(2)19(13)25/h4-7H,3,8-9H2,1-2H3. The summed E-state index contributed by atoms with van der Waals surface area (Å²) in [5, 5.41) is 0.763. The van der Waals surface area contributed by atoms with Crippen molar-refractivity contribution in [1.29, 1.82) is 0 Å². The molecular formula is C19H16Cl2N2O4. The van der Waals surface area contributed by atoms with Crippen molar-refractivity contribution in [2.24, 2.45) is 0 Å². The SMILES string of the molecule is CN1COc2c(Cl)cc(Cc3cc(Cl)c4c(c3)C(=O)N(C)CO4)cc2C1=O. The average Bonchev–Trinajstić information content (AvgIpc) is 2.62. The molecule has 140 valence electrons. The number of hydrogen-bond acceptors (Lipinski definition) is 4. The summed E-state index contributed by atoms with van der Waals surface area (Å²) in [6, 6.07) is 7.04. The summed E-state index contributed by atoms with van der Waals surface area (Å²) in [5.41, 5.74) is 2.49. The molecule has 4 rings (SSSR count). The first kappa shape index (κ1) is 17.9. The van der Waals surface area contributed by atoms with E-state index in [0.29, 0.717) is 39.1 Å². The van der Waals surface area contributed by atoms with Gasteiger partial charge in [-0.3, -0.25) is 9.59 Å². The van der Waals surface area contributed by atoms with Crippen LogP contribution in [0.3, 0.4) is 0 Å². The number of amides is 2. The van der Waals surface area contributed by atoms with Gasteiger partial charge in [0, 0.05) is 14.1 Å². The lowest BCUT2D eigenvalue weighted by molar-refractivity contribution is 0.0588. The summed E-state index contributed by atoms with van der Waals surface area (Å²) in [4.78, 5) is 27.7. The Labute approximate surface area is 166 Å². The fraction of sp³-hybridized carbons (Fsp3) is 0.263. The Kier molecular flexibility index (Phi) is 4.40. The molecule has 0 saturated carbocycles. The van der Waals surface area contributed by atoms with Crippen LogP contribution in [0, 0.1) is 0 Å². The van der Waals surface area contributed by atoms with Crippen molar-refractivity contribution >= 4 is 35.0 Å². The van der Waals surface area contributed by atoms with Crippen molar-refractivity contribution in [2.75, 3.05) is 27.6 Å². The van der Waals surface area contributed by atoms with Gasteiger partial charge in [-0.25, -0.2) is 0 Å². The van der Waals surface area contributed by atoms with Gasteiger partial charge >= 0.3 is 0 Å². The minimum Gasteiger partial charge on any atom is -0.471 e. The van der Waals surface area contributed by atoms with Crippen LogP contribution in [0.1, 0.15) is 31.8 Å². The monoisotopic (exact) mass is 406 g/mol. The molecule has 0 radical (unpaired) electrons. The maximum absolute atomic E-state index is 12.4. The number of ether oxygens (including phenoxy) is 2. The molecule has 0 aromatic heterocycles. The first-order valence-corrected chi connectivity index (χ1v) is 9.02. The molecule has 2 aliphatic rings. The Morgan fingerprint density at radius 2 is 1.22 bits per heavy atom. The van der Waals surface area contributed by atoms with Gasteiger partial charge in [0.25, 0.3) is 11.8 Å². The van der Waals surface area contributed by atoms with Crippen molar-refractivity contribution in [3.63, 3.8) is 0 Å². The summed E-state index contributed by atoms with van der Waals surface area (Å²) in [7, 11) is 3.33. The van der Waals surface area contributed by atoms with E-state index < -0.39 is 0 Å². The van der Waals surface area contributed by atoms with Gasteiger partial charge in [0.1, 0.15) is 0 Å². The molecule has 0 spiro atoms. The number of hydrogen-bond donors (Lipinski definition) is 0. The number of nitrogens with zero attached hydrogens (tertiary/aromatic N) is 2. The quantitative estimate of drug-likeness (QED) is 0.766. The Morgan fingerprint density at radius 3 is 1.63 bits per heavy atom. The molecule has 0 aliphatic carbocycles. The van der Waals surface area contributed by atoms with Crippen LogP contribution in [0.15, 0.2) is 24.3 Å². The van der Waals surface area contributed by atoms with Gasteiger partial charge in [0.2, 0.25) is 0 Å². The molecule has 0 saturated heterocycles. The zero-order valence-electron chi connectivity index (χ0n) is 14.7. The molecule has 0 N–H and O–H groups in total. The van der Waals surface area contributed by atoms with Crippen molar-refractivity contribution < 1.29 is 19.1 Å². The third kappa shape index (κ3) is 3.09. The minimum absolute atomic E-state index is 0.145. The normalized spacial score (nSPS) is 15.9. The van der Waals surface area contributed by atoms with E-state index >= 15 is 0 Å². The van der Waals surface area contributed by atoms with E-state index in [9.17, 15) is 9.59 Å². The molecule has 0 bridgehead atoms. The second-order valence-electron chi connectivity index (χ2n) is 6.64. The largest absolute Gasteiger partial charge is 0.471 e. The van der Waals surface area contributed by atoms with E-state index in [1.807, 2.05) is 0 Å². The fourth-order valence-corrected chi connectivity index (χ4v) is 3.79. The second kappa shape index (κ2) is 6.62. The maximum Gasteiger partial charge on any atom is 0.260 e. The lowest BCUT2D eigenvalue weighted by Gasteiger charge is -2.27. The molecule has 0 atom stereocenters. The van der Waals surface area contributed by atoms with Gasteiger partial charge in [-0.2, -0.15) is 0 Å². The smallest absolute Gasteiger partial charge is 0.260 e. The topological polar surface area (TPSA) is 59.1 Å². The molecule has 0 unspecified atom stereocenters. The first-order valence-electron chi connectivity index (χ1n) is 8.26. The van der Waals surface area contributed by atoms with Crippen LogP contribution in [-0.4, -0.2) is 49.2 Å². The van der Waals surface area contributed by atoms with Gasteiger partial charge in [-0.15, -0.1) is 0 Å². The Bertz CT molecular complexity index is 899. The Morgan fingerprint density at radius 1 is 0.815 bits per heavy atom. The van der Waals surface area contributed by atoms with Crippen molar-refractivity contribution in [3.05, 3.63) is 56.6 Å². The lowest BCUT2D eigenvalue weighted by Crippen LogP contribution is -2.35. The molecule has 2 aliphatic heterocycles. The second-order valence-corrected chi connectivity index (χ2v) is 7.45. The maximum atomic E-state index is 12.4. The Balaban J connectivity index is 1.71. The number of carbonyl (C=O) groups is 2. The van der Waals surface area contributed by atoms with Crippen molar-refractivity contribution in [2.45, 2.75) is 6.42 Å². The van der Waals surface area contributed by atoms with E-state index in [2.05, 4.69) is 0 Å². The number of carbonyl (C=O) groups excluding carboxylic acids is 2. The van der Waals surface area contributed by atoms with E-state index in [4.69, 9.17) is 32.7 Å². The summed E-state index contributed by atoms with van der Waals surface area (Å²) in [5.74, 6) is 0.511. The molecule has 2 heterocycles. The zero-order valence-corrected chi connectivity index (χ0v) is 16.2. The van der Waals surface area contributed by atoms with Gasteiger partial charge in [-0.1, -0.05) is 23.2 Å². The summed E-state index contributed by atoms with van der Waals surface area (Å²) < 4.78 is 11.1. The third-order valence-electron chi connectivity index (χ3n) is 4.57. The highest BCUT2D eigenvalue weighted by molar-refractivity contribution is 6.33. The fourth-order valence-electron chi connectivity index (χ4n) is 3.20. The highest BCUT2D eigenvalue weighted by Crippen LogP contribution is 2.37. The first-order chi connectivity index (χ1) is 12.8. The molecule has 6 nitrogen and oxygen atoms in total. The highest BCUT2D eigenvalue weighted by Gasteiger charge is 2.27. The molecule has 2 aromatic rings. The molecule has 2 amide bonds. The lowest BCUT2D eigenvalue weighted by atomic mass is 9.98. The van der Waals surface area contributed by atoms with E-state index in [-0.39, 0.29) is 25.3 Å². The van der Waals surface area contributed by atoms with E-state index in [1.165, 1.54) is 9.80 Å². The number of benzene rings is 2. The molecule has 27 heavy (non-hydrogen) atoms. The van der Waals surface area contributed by atoms with Crippen LogP contribution in [0.4, 0.5) is 0 Å². The van der Waals surface area contributed by atoms with Crippen LogP contribution in [0.2, 0.25) is 10.0 Å². The summed E-state index contributed by atoms with van der Waals surface area (Å²) in [6.45, 7) is 0.335. The number of fused-ring (bicyclic) bond motifs is 2. The van der Waals surface area contributed by atoms with Gasteiger partial charge in [0.15, 0.2) is 25.0 Å². The van der Waals surface area contributed by atoms with Crippen LogP contribution in [-0.2, 0) is 6.42 Å². The summed E-state index contributed by atoms with van der Waals surface area (Å²) >= 11 is 12.6. The van der Waals surface area contributed by atoms with E-state index in [1.54, 1.807) is 38.4 Å². The van der Waals surface area contributed by atoms with E-state index in [0.717, 1.165) is 11.1 Å². The Hall–Kier alpha value is -2.44. The third-order valence-corrected chi connectivity index (χ3v) is 5.14. The number of halogens is 2. The van der Waals surface area contributed by atoms with Crippen LogP contribution in [0.25, 0.3) is 0 Å². The van der Waals surface area contributed by atoms with Crippen LogP contribution >= 0.6 is 23.2 Å². The van der Waals surface area contributed by atoms with Gasteiger partial charge in [0.05, 0.1) is 21.2 Å². The van der Waals surface area contributed by atoms with Crippen LogP contribution < -0.4 is 9.47 Å². The predicted octanol–water partition coefficient (Wildman–Crippen LogP) is 3.43.